The summed E-state index contributed by atoms with van der Waals surface area (Å²) in [7, 11) is 0. The van der Waals surface area contributed by atoms with E-state index in [2.05, 4.69) is 5.10 Å². The number of nitrogens with zero attached hydrogens (tertiary/aromatic N) is 4. The number of ether oxygens (including phenoxy) is 3. The largest absolute Gasteiger partial charge is 0.454 e. The lowest BCUT2D eigenvalue weighted by Gasteiger charge is -2.34. The molecule has 184 valence electrons. The van der Waals surface area contributed by atoms with Gasteiger partial charge in [0, 0.05) is 38.2 Å². The molecule has 0 aliphatic carbocycles. The molecule has 5 rings (SSSR count). The van der Waals surface area contributed by atoms with Gasteiger partial charge in [-0.3, -0.25) is 9.69 Å². The number of hydrogen-bond donors (Lipinski definition) is 0. The third-order valence-corrected chi connectivity index (χ3v) is 6.36. The average molecular weight is 483 g/mol. The number of piperazine rings is 1. The topological polar surface area (TPSA) is 83.9 Å². The van der Waals surface area contributed by atoms with Crippen LogP contribution in [0.15, 0.2) is 47.6 Å². The lowest BCUT2D eigenvalue weighted by atomic mass is 9.98. The monoisotopic (exact) mass is 482 g/mol. The van der Waals surface area contributed by atoms with Crippen LogP contribution in [-0.4, -0.2) is 78.6 Å². The Morgan fingerprint density at radius 1 is 1.09 bits per heavy atom. The van der Waals surface area contributed by atoms with Crippen LogP contribution in [0.25, 0.3) is 0 Å². The van der Waals surface area contributed by atoms with E-state index in [0.717, 1.165) is 5.56 Å². The van der Waals surface area contributed by atoms with Crippen LogP contribution in [0.2, 0.25) is 0 Å². The van der Waals surface area contributed by atoms with Crippen molar-refractivity contribution in [2.24, 2.45) is 5.10 Å². The van der Waals surface area contributed by atoms with Gasteiger partial charge in [-0.05, 0) is 36.8 Å². The molecule has 3 aliphatic rings. The predicted molar refractivity (Wildman–Crippen MR) is 125 cm³/mol. The van der Waals surface area contributed by atoms with Gasteiger partial charge in [-0.1, -0.05) is 18.2 Å². The van der Waals surface area contributed by atoms with Crippen LogP contribution >= 0.6 is 0 Å². The number of amides is 2. The summed E-state index contributed by atoms with van der Waals surface area (Å²) in [6, 6.07) is 11.5. The lowest BCUT2D eigenvalue weighted by Crippen LogP contribution is -2.51. The highest BCUT2D eigenvalue weighted by Gasteiger charge is 2.35. The van der Waals surface area contributed by atoms with Gasteiger partial charge < -0.3 is 19.1 Å². The summed E-state index contributed by atoms with van der Waals surface area (Å²) in [5.74, 6) is 0.775. The van der Waals surface area contributed by atoms with Crippen molar-refractivity contribution in [1.82, 2.24) is 14.8 Å². The van der Waals surface area contributed by atoms with E-state index in [0.29, 0.717) is 62.0 Å². The number of fused-ring (bicyclic) bond motifs is 1. The highest BCUT2D eigenvalue weighted by molar-refractivity contribution is 6.03. The van der Waals surface area contributed by atoms with E-state index in [-0.39, 0.29) is 37.2 Å². The van der Waals surface area contributed by atoms with E-state index < -0.39 is 0 Å². The van der Waals surface area contributed by atoms with E-state index in [1.807, 2.05) is 23.1 Å². The Kier molecular flexibility index (Phi) is 6.54. The smallest absolute Gasteiger partial charge is 0.409 e. The quantitative estimate of drug-likeness (QED) is 0.652. The Morgan fingerprint density at radius 3 is 2.66 bits per heavy atom. The zero-order valence-electron chi connectivity index (χ0n) is 19.5. The zero-order chi connectivity index (χ0) is 24.4. The van der Waals surface area contributed by atoms with Crippen molar-refractivity contribution < 1.29 is 28.2 Å². The molecule has 1 unspecified atom stereocenters. The van der Waals surface area contributed by atoms with Gasteiger partial charge in [-0.25, -0.2) is 14.2 Å². The molecule has 0 saturated carbocycles. The van der Waals surface area contributed by atoms with Crippen LogP contribution in [-0.2, 0) is 9.53 Å². The summed E-state index contributed by atoms with van der Waals surface area (Å²) in [6.45, 7) is 4.55. The Morgan fingerprint density at radius 2 is 1.89 bits per heavy atom. The third kappa shape index (κ3) is 4.93. The molecule has 1 atom stereocenters. The summed E-state index contributed by atoms with van der Waals surface area (Å²) >= 11 is 0. The van der Waals surface area contributed by atoms with Gasteiger partial charge in [0.05, 0.1) is 24.9 Å². The Labute approximate surface area is 202 Å². The van der Waals surface area contributed by atoms with Crippen molar-refractivity contribution >= 4 is 17.7 Å². The van der Waals surface area contributed by atoms with Crippen molar-refractivity contribution in [3.8, 4) is 11.5 Å². The molecule has 35 heavy (non-hydrogen) atoms. The molecule has 1 fully saturated rings. The first-order chi connectivity index (χ1) is 17.0. The second kappa shape index (κ2) is 9.91. The predicted octanol–water partition coefficient (Wildman–Crippen LogP) is 3.01. The van der Waals surface area contributed by atoms with Gasteiger partial charge in [0.25, 0.3) is 5.91 Å². The van der Waals surface area contributed by atoms with E-state index in [1.165, 1.54) is 17.1 Å². The second-order valence-corrected chi connectivity index (χ2v) is 8.59. The van der Waals surface area contributed by atoms with E-state index >= 15 is 0 Å². The molecule has 0 aromatic heterocycles. The highest BCUT2D eigenvalue weighted by atomic mass is 19.1. The molecule has 2 aromatic carbocycles. The fourth-order valence-electron chi connectivity index (χ4n) is 4.53. The first-order valence-corrected chi connectivity index (χ1v) is 11.7. The Balaban J connectivity index is 1.33. The molecule has 10 heteroatoms. The molecule has 3 heterocycles. The van der Waals surface area contributed by atoms with Gasteiger partial charge in [-0.2, -0.15) is 5.10 Å². The molecule has 0 spiro atoms. The summed E-state index contributed by atoms with van der Waals surface area (Å²) in [4.78, 5) is 29.0. The Bertz CT molecular complexity index is 1150. The summed E-state index contributed by atoms with van der Waals surface area (Å²) in [6.07, 6.45) is 0.121. The van der Waals surface area contributed by atoms with Crippen LogP contribution in [0.3, 0.4) is 0 Å². The average Bonchev–Trinajstić information content (AvgIpc) is 3.52. The number of halogens is 1. The normalized spacial score (nSPS) is 19.6. The van der Waals surface area contributed by atoms with Crippen molar-refractivity contribution in [2.75, 3.05) is 46.1 Å². The van der Waals surface area contributed by atoms with Gasteiger partial charge in [0.2, 0.25) is 6.79 Å². The minimum atomic E-state index is -0.353. The molecular weight excluding hydrogens is 455 g/mol. The lowest BCUT2D eigenvalue weighted by molar-refractivity contribution is -0.134. The molecule has 0 radical (unpaired) electrons. The number of rotatable bonds is 5. The van der Waals surface area contributed by atoms with Crippen molar-refractivity contribution in [3.05, 3.63) is 59.4 Å². The van der Waals surface area contributed by atoms with E-state index in [4.69, 9.17) is 14.2 Å². The number of carbonyl (C=O) groups excluding carboxylic acids is 2. The van der Waals surface area contributed by atoms with Crippen molar-refractivity contribution in [1.29, 1.82) is 0 Å². The zero-order valence-corrected chi connectivity index (χ0v) is 19.5. The summed E-state index contributed by atoms with van der Waals surface area (Å²) in [5, 5.41) is 6.13. The molecule has 2 aromatic rings. The standard InChI is InChI=1S/C25H27FN4O5/c1-2-33-25(32)29-10-8-28(9-11-29)15-24(31)30-21(18-6-7-22-23(13-18)35-16-34-22)14-20(27-30)17-4-3-5-19(26)12-17/h3-7,12-13,21H,2,8-11,14-16H2,1H3. The SMILES string of the molecule is CCOC(=O)N1CCN(CC(=O)N2N=C(c3cccc(F)c3)CC2c2ccc3c(c2)OCO3)CC1. The van der Waals surface area contributed by atoms with E-state index in [1.54, 1.807) is 24.0 Å². The second-order valence-electron chi connectivity index (χ2n) is 8.59. The van der Waals surface area contributed by atoms with Crippen LogP contribution < -0.4 is 9.47 Å². The molecule has 3 aliphatic heterocycles. The number of hydrazone groups is 1. The first kappa shape index (κ1) is 23.1. The van der Waals surface area contributed by atoms with Crippen LogP contribution in [0.1, 0.15) is 30.5 Å². The van der Waals surface area contributed by atoms with Gasteiger partial charge in [0.1, 0.15) is 5.82 Å². The number of carbonyl (C=O) groups is 2. The van der Waals surface area contributed by atoms with Gasteiger partial charge >= 0.3 is 6.09 Å². The molecule has 1 saturated heterocycles. The van der Waals surface area contributed by atoms with Crippen LogP contribution in [0, 0.1) is 5.82 Å². The van der Waals surface area contributed by atoms with Crippen LogP contribution in [0.4, 0.5) is 9.18 Å². The maximum Gasteiger partial charge on any atom is 0.409 e. The fraction of sp³-hybridized carbons (Fsp3) is 0.400. The third-order valence-electron chi connectivity index (χ3n) is 6.36. The molecular formula is C25H27FN4O5. The van der Waals surface area contributed by atoms with Crippen molar-refractivity contribution in [2.45, 2.75) is 19.4 Å². The van der Waals surface area contributed by atoms with Gasteiger partial charge in [-0.15, -0.1) is 0 Å². The number of hydrogen-bond acceptors (Lipinski definition) is 7. The van der Waals surface area contributed by atoms with Gasteiger partial charge in [0.15, 0.2) is 11.5 Å². The maximum absolute atomic E-state index is 13.9. The van der Waals surface area contributed by atoms with Crippen molar-refractivity contribution in [3.63, 3.8) is 0 Å². The summed E-state index contributed by atoms with van der Waals surface area (Å²) in [5.41, 5.74) is 2.16. The Hall–Kier alpha value is -3.66. The molecule has 0 N–H and O–H groups in total. The number of benzene rings is 2. The molecule has 2 amide bonds. The minimum absolute atomic E-state index is 0.162. The summed E-state index contributed by atoms with van der Waals surface area (Å²) < 4.78 is 29.9. The molecule has 9 nitrogen and oxygen atoms in total. The first-order valence-electron chi connectivity index (χ1n) is 11.7. The van der Waals surface area contributed by atoms with Crippen LogP contribution in [0.5, 0.6) is 11.5 Å². The molecule has 0 bridgehead atoms. The fourth-order valence-corrected chi connectivity index (χ4v) is 4.53. The minimum Gasteiger partial charge on any atom is -0.454 e. The highest BCUT2D eigenvalue weighted by Crippen LogP contribution is 2.39. The maximum atomic E-state index is 13.9. The van der Waals surface area contributed by atoms with E-state index in [9.17, 15) is 14.0 Å².